The van der Waals surface area contributed by atoms with Gasteiger partial charge in [0.05, 0.1) is 6.04 Å². The van der Waals surface area contributed by atoms with Crippen molar-refractivity contribution in [2.45, 2.75) is 39.7 Å². The van der Waals surface area contributed by atoms with Gasteiger partial charge < -0.3 is 16.2 Å². The Balaban J connectivity index is 4.01. The average Bonchev–Trinajstić information content (AvgIpc) is 2.21. The van der Waals surface area contributed by atoms with E-state index in [-0.39, 0.29) is 24.2 Å². The molecule has 0 saturated carbocycles. The zero-order valence-electron chi connectivity index (χ0n) is 10.2. The van der Waals surface area contributed by atoms with Crippen molar-refractivity contribution in [2.24, 2.45) is 17.6 Å². The summed E-state index contributed by atoms with van der Waals surface area (Å²) in [5, 5.41) is 11.3. The normalized spacial score (nSPS) is 14.6. The Labute approximate surface area is 96.4 Å². The van der Waals surface area contributed by atoms with E-state index < -0.39 is 12.0 Å². The van der Waals surface area contributed by atoms with Gasteiger partial charge in [-0.15, -0.1) is 0 Å². The molecule has 0 aliphatic rings. The van der Waals surface area contributed by atoms with Crippen LogP contribution in [0.1, 0.15) is 33.6 Å². The Bertz CT molecular complexity index is 241. The lowest BCUT2D eigenvalue weighted by Crippen LogP contribution is -2.45. The number of hydrogen-bond donors (Lipinski definition) is 3. The number of nitrogens with one attached hydrogen (secondary N) is 1. The Kier molecular flexibility index (Phi) is 6.72. The number of nitrogens with two attached hydrogens (primary N) is 1. The van der Waals surface area contributed by atoms with Gasteiger partial charge in [-0.1, -0.05) is 27.2 Å². The minimum absolute atomic E-state index is 0.0270. The highest BCUT2D eigenvalue weighted by molar-refractivity contribution is 5.81. The van der Waals surface area contributed by atoms with E-state index in [1.54, 1.807) is 0 Å². The molecule has 1 amide bonds. The van der Waals surface area contributed by atoms with Crippen LogP contribution in [-0.4, -0.2) is 29.6 Å². The van der Waals surface area contributed by atoms with Crippen LogP contribution < -0.4 is 11.1 Å². The second-order valence-corrected chi connectivity index (χ2v) is 4.39. The number of carboxylic acid groups (broad SMARTS) is 1. The van der Waals surface area contributed by atoms with Gasteiger partial charge in [-0.25, -0.2) is 0 Å². The van der Waals surface area contributed by atoms with Gasteiger partial charge in [-0.05, 0) is 11.8 Å². The maximum Gasteiger partial charge on any atom is 0.303 e. The smallest absolute Gasteiger partial charge is 0.303 e. The molecular weight excluding hydrogens is 208 g/mol. The SMILES string of the molecule is CCC(CNC(=O)[C@H](N)C(C)C)CC(=O)O. The zero-order valence-corrected chi connectivity index (χ0v) is 10.2. The van der Waals surface area contributed by atoms with Crippen molar-refractivity contribution in [3.8, 4) is 0 Å². The molecule has 0 aromatic heterocycles. The van der Waals surface area contributed by atoms with E-state index >= 15 is 0 Å². The molecule has 5 nitrogen and oxygen atoms in total. The van der Waals surface area contributed by atoms with Gasteiger partial charge in [-0.2, -0.15) is 0 Å². The number of amides is 1. The molecule has 0 aromatic carbocycles. The molecule has 16 heavy (non-hydrogen) atoms. The third-order valence-electron chi connectivity index (χ3n) is 2.63. The van der Waals surface area contributed by atoms with Crippen molar-refractivity contribution in [3.05, 3.63) is 0 Å². The van der Waals surface area contributed by atoms with Crippen molar-refractivity contribution < 1.29 is 14.7 Å². The Hall–Kier alpha value is -1.10. The van der Waals surface area contributed by atoms with Crippen molar-refractivity contribution in [3.63, 3.8) is 0 Å². The Morgan fingerprint density at radius 3 is 2.31 bits per heavy atom. The fourth-order valence-corrected chi connectivity index (χ4v) is 1.27. The van der Waals surface area contributed by atoms with Crippen LogP contribution in [0.15, 0.2) is 0 Å². The van der Waals surface area contributed by atoms with Crippen molar-refractivity contribution in [1.29, 1.82) is 0 Å². The number of carboxylic acids is 1. The maximum atomic E-state index is 11.5. The molecule has 0 aliphatic heterocycles. The lowest BCUT2D eigenvalue weighted by Gasteiger charge is -2.18. The zero-order chi connectivity index (χ0) is 12.7. The summed E-state index contributed by atoms with van der Waals surface area (Å²) in [6, 6.07) is -0.526. The molecule has 0 heterocycles. The van der Waals surface area contributed by atoms with Crippen LogP contribution in [-0.2, 0) is 9.59 Å². The molecule has 0 fully saturated rings. The molecule has 5 heteroatoms. The molecular formula is C11H22N2O3. The maximum absolute atomic E-state index is 11.5. The quantitative estimate of drug-likeness (QED) is 0.596. The molecule has 0 radical (unpaired) electrons. The molecule has 0 aliphatic carbocycles. The average molecular weight is 230 g/mol. The van der Waals surface area contributed by atoms with E-state index in [2.05, 4.69) is 5.32 Å². The van der Waals surface area contributed by atoms with Crippen LogP contribution in [0.5, 0.6) is 0 Å². The third-order valence-corrected chi connectivity index (χ3v) is 2.63. The number of carbonyl (C=O) groups excluding carboxylic acids is 1. The summed E-state index contributed by atoms with van der Waals surface area (Å²) in [4.78, 5) is 22.0. The first-order chi connectivity index (χ1) is 7.38. The molecule has 0 saturated heterocycles. The summed E-state index contributed by atoms with van der Waals surface area (Å²) < 4.78 is 0. The van der Waals surface area contributed by atoms with Gasteiger partial charge in [0.2, 0.25) is 5.91 Å². The summed E-state index contributed by atoms with van der Waals surface area (Å²) in [6.45, 7) is 6.03. The molecule has 2 atom stereocenters. The topological polar surface area (TPSA) is 92.4 Å². The van der Waals surface area contributed by atoms with Crippen molar-refractivity contribution >= 4 is 11.9 Å². The summed E-state index contributed by atoms with van der Waals surface area (Å²) in [7, 11) is 0. The van der Waals surface area contributed by atoms with E-state index in [0.717, 1.165) is 6.42 Å². The van der Waals surface area contributed by atoms with Gasteiger partial charge in [0.15, 0.2) is 0 Å². The predicted molar refractivity (Wildman–Crippen MR) is 61.9 cm³/mol. The molecule has 4 N–H and O–H groups in total. The minimum Gasteiger partial charge on any atom is -0.481 e. The summed E-state index contributed by atoms with van der Waals surface area (Å²) >= 11 is 0. The fraction of sp³-hybridized carbons (Fsp3) is 0.818. The van der Waals surface area contributed by atoms with Crippen LogP contribution in [0, 0.1) is 11.8 Å². The van der Waals surface area contributed by atoms with Crippen LogP contribution in [0.25, 0.3) is 0 Å². The Morgan fingerprint density at radius 1 is 1.38 bits per heavy atom. The highest BCUT2D eigenvalue weighted by atomic mass is 16.4. The largest absolute Gasteiger partial charge is 0.481 e. The summed E-state index contributed by atoms with van der Waals surface area (Å²) in [5.74, 6) is -0.992. The minimum atomic E-state index is -0.839. The van der Waals surface area contributed by atoms with Crippen LogP contribution in [0.2, 0.25) is 0 Å². The first kappa shape index (κ1) is 14.9. The highest BCUT2D eigenvalue weighted by Crippen LogP contribution is 2.07. The summed E-state index contributed by atoms with van der Waals surface area (Å²) in [5.41, 5.74) is 5.66. The van der Waals surface area contributed by atoms with Gasteiger partial charge >= 0.3 is 5.97 Å². The van der Waals surface area contributed by atoms with Gasteiger partial charge in [0.25, 0.3) is 0 Å². The number of hydrogen-bond acceptors (Lipinski definition) is 3. The molecule has 0 aromatic rings. The van der Waals surface area contributed by atoms with Crippen molar-refractivity contribution in [1.82, 2.24) is 5.32 Å². The highest BCUT2D eigenvalue weighted by Gasteiger charge is 2.18. The fourth-order valence-electron chi connectivity index (χ4n) is 1.27. The van der Waals surface area contributed by atoms with Crippen LogP contribution >= 0.6 is 0 Å². The van der Waals surface area contributed by atoms with E-state index in [0.29, 0.717) is 6.54 Å². The molecule has 94 valence electrons. The molecule has 1 unspecified atom stereocenters. The lowest BCUT2D eigenvalue weighted by atomic mass is 10.0. The number of aliphatic carboxylic acids is 1. The first-order valence-electron chi connectivity index (χ1n) is 5.63. The van der Waals surface area contributed by atoms with Crippen molar-refractivity contribution in [2.75, 3.05) is 6.54 Å². The Morgan fingerprint density at radius 2 is 1.94 bits per heavy atom. The van der Waals surface area contributed by atoms with E-state index in [1.165, 1.54) is 0 Å². The second kappa shape index (κ2) is 7.22. The van der Waals surface area contributed by atoms with E-state index in [1.807, 2.05) is 20.8 Å². The monoisotopic (exact) mass is 230 g/mol. The second-order valence-electron chi connectivity index (χ2n) is 4.39. The predicted octanol–water partition coefficient (Wildman–Crippen LogP) is 0.587. The lowest BCUT2D eigenvalue weighted by molar-refractivity contribution is -0.138. The van der Waals surface area contributed by atoms with Gasteiger partial charge in [0, 0.05) is 13.0 Å². The van der Waals surface area contributed by atoms with E-state index in [4.69, 9.17) is 10.8 Å². The first-order valence-corrected chi connectivity index (χ1v) is 5.63. The number of rotatable bonds is 7. The standard InChI is InChI=1S/C11H22N2O3/c1-4-8(5-9(14)15)6-13-11(16)10(12)7(2)3/h7-8,10H,4-6,12H2,1-3H3,(H,13,16)(H,14,15)/t8?,10-/m1/s1. The third kappa shape index (κ3) is 5.70. The molecule has 0 bridgehead atoms. The number of carbonyl (C=O) groups is 2. The van der Waals surface area contributed by atoms with Gasteiger partial charge in [0.1, 0.15) is 0 Å². The van der Waals surface area contributed by atoms with Crippen LogP contribution in [0.4, 0.5) is 0 Å². The van der Waals surface area contributed by atoms with E-state index in [9.17, 15) is 9.59 Å². The molecule has 0 rings (SSSR count). The summed E-state index contributed by atoms with van der Waals surface area (Å²) in [6.07, 6.45) is 0.803. The van der Waals surface area contributed by atoms with Crippen LogP contribution in [0.3, 0.4) is 0 Å². The molecule has 0 spiro atoms. The van der Waals surface area contributed by atoms with Gasteiger partial charge in [-0.3, -0.25) is 9.59 Å².